The van der Waals surface area contributed by atoms with E-state index < -0.39 is 24.0 Å². The summed E-state index contributed by atoms with van der Waals surface area (Å²) >= 11 is 0. The van der Waals surface area contributed by atoms with Crippen molar-refractivity contribution in [3.05, 3.63) is 35.9 Å². The molecule has 0 aliphatic heterocycles. The van der Waals surface area contributed by atoms with Crippen molar-refractivity contribution in [1.82, 2.24) is 5.32 Å². The summed E-state index contributed by atoms with van der Waals surface area (Å²) in [5.74, 6) is -0.879. The van der Waals surface area contributed by atoms with Gasteiger partial charge in [-0.25, -0.2) is 4.79 Å². The number of methoxy groups -OCH3 is 1. The Morgan fingerprint density at radius 3 is 2.38 bits per heavy atom. The van der Waals surface area contributed by atoms with Gasteiger partial charge in [0.15, 0.2) is 0 Å². The SMILES string of the molecule is COC(=O)[C@H](Cc1ccccc1)NC(=O)[C@@H](O)CC(C)C. The molecule has 0 heterocycles. The lowest BCUT2D eigenvalue weighted by molar-refractivity contribution is -0.146. The minimum atomic E-state index is -1.12. The van der Waals surface area contributed by atoms with Crippen LogP contribution in [-0.4, -0.2) is 36.2 Å². The molecule has 5 heteroatoms. The number of rotatable bonds is 7. The maximum Gasteiger partial charge on any atom is 0.328 e. The van der Waals surface area contributed by atoms with E-state index in [2.05, 4.69) is 5.32 Å². The molecule has 116 valence electrons. The first kappa shape index (κ1) is 17.2. The van der Waals surface area contributed by atoms with Crippen LogP contribution in [0.1, 0.15) is 25.8 Å². The van der Waals surface area contributed by atoms with Crippen LogP contribution in [0, 0.1) is 5.92 Å². The van der Waals surface area contributed by atoms with Gasteiger partial charge >= 0.3 is 5.97 Å². The molecule has 0 saturated heterocycles. The fourth-order valence-corrected chi connectivity index (χ4v) is 2.01. The summed E-state index contributed by atoms with van der Waals surface area (Å²) in [6, 6.07) is 8.53. The lowest BCUT2D eigenvalue weighted by Crippen LogP contribution is -2.47. The van der Waals surface area contributed by atoms with Crippen LogP contribution in [-0.2, 0) is 20.7 Å². The summed E-state index contributed by atoms with van der Waals surface area (Å²) in [6.07, 6.45) is -0.438. The van der Waals surface area contributed by atoms with Gasteiger partial charge in [0.05, 0.1) is 7.11 Å². The van der Waals surface area contributed by atoms with Gasteiger partial charge in [0, 0.05) is 6.42 Å². The topological polar surface area (TPSA) is 75.6 Å². The largest absolute Gasteiger partial charge is 0.467 e. The predicted octanol–water partition coefficient (Wildman–Crippen LogP) is 1.29. The van der Waals surface area contributed by atoms with Crippen LogP contribution in [0.25, 0.3) is 0 Å². The van der Waals surface area contributed by atoms with E-state index in [9.17, 15) is 14.7 Å². The smallest absolute Gasteiger partial charge is 0.328 e. The fraction of sp³-hybridized carbons (Fsp3) is 0.500. The molecule has 0 aromatic heterocycles. The summed E-state index contributed by atoms with van der Waals surface area (Å²) in [4.78, 5) is 23.7. The zero-order valence-electron chi connectivity index (χ0n) is 12.7. The van der Waals surface area contributed by atoms with Crippen molar-refractivity contribution in [3.8, 4) is 0 Å². The third kappa shape index (κ3) is 5.95. The molecule has 2 N–H and O–H groups in total. The molecule has 5 nitrogen and oxygen atoms in total. The molecule has 0 fully saturated rings. The molecule has 0 saturated carbocycles. The van der Waals surface area contributed by atoms with Crippen molar-refractivity contribution >= 4 is 11.9 Å². The highest BCUT2D eigenvalue weighted by molar-refractivity contribution is 5.86. The molecule has 0 aliphatic carbocycles. The van der Waals surface area contributed by atoms with E-state index in [0.29, 0.717) is 12.8 Å². The number of hydrogen-bond acceptors (Lipinski definition) is 4. The summed E-state index contributed by atoms with van der Waals surface area (Å²) in [6.45, 7) is 3.83. The van der Waals surface area contributed by atoms with Crippen molar-refractivity contribution in [2.45, 2.75) is 38.8 Å². The minimum Gasteiger partial charge on any atom is -0.467 e. The maximum absolute atomic E-state index is 11.9. The molecule has 21 heavy (non-hydrogen) atoms. The standard InChI is InChI=1S/C16H23NO4/c1-11(2)9-14(18)15(19)17-13(16(20)21-3)10-12-7-5-4-6-8-12/h4-8,11,13-14,18H,9-10H2,1-3H3,(H,17,19)/t13-,14-/m0/s1. The van der Waals surface area contributed by atoms with E-state index in [1.807, 2.05) is 44.2 Å². The van der Waals surface area contributed by atoms with Crippen molar-refractivity contribution in [1.29, 1.82) is 0 Å². The monoisotopic (exact) mass is 293 g/mol. The third-order valence-electron chi connectivity index (χ3n) is 3.08. The Bertz CT molecular complexity index is 459. The Balaban J connectivity index is 2.70. The maximum atomic E-state index is 11.9. The first-order chi connectivity index (χ1) is 9.93. The van der Waals surface area contributed by atoms with Crippen LogP contribution in [0.2, 0.25) is 0 Å². The number of ether oxygens (including phenoxy) is 1. The molecule has 0 radical (unpaired) electrons. The number of hydrogen-bond donors (Lipinski definition) is 2. The van der Waals surface area contributed by atoms with Gasteiger partial charge in [0.2, 0.25) is 5.91 Å². The van der Waals surface area contributed by atoms with Gasteiger partial charge in [-0.15, -0.1) is 0 Å². The van der Waals surface area contributed by atoms with Crippen molar-refractivity contribution in [2.24, 2.45) is 5.92 Å². The van der Waals surface area contributed by atoms with Crippen LogP contribution >= 0.6 is 0 Å². The highest BCUT2D eigenvalue weighted by Gasteiger charge is 2.25. The van der Waals surface area contributed by atoms with Crippen LogP contribution in [0.3, 0.4) is 0 Å². The average molecular weight is 293 g/mol. The zero-order valence-corrected chi connectivity index (χ0v) is 12.7. The Labute approximate surface area is 125 Å². The highest BCUT2D eigenvalue weighted by Crippen LogP contribution is 2.07. The number of benzene rings is 1. The second kappa shape index (κ2) is 8.42. The summed E-state index contributed by atoms with van der Waals surface area (Å²) in [5.41, 5.74) is 0.909. The number of carbonyl (C=O) groups excluding carboxylic acids is 2. The molecular weight excluding hydrogens is 270 g/mol. The van der Waals surface area contributed by atoms with Gasteiger partial charge in [-0.1, -0.05) is 44.2 Å². The molecular formula is C16H23NO4. The summed E-state index contributed by atoms with van der Waals surface area (Å²) < 4.78 is 4.71. The molecule has 1 amide bonds. The Hall–Kier alpha value is -1.88. The van der Waals surface area contributed by atoms with Crippen LogP contribution in [0.5, 0.6) is 0 Å². The van der Waals surface area contributed by atoms with Crippen LogP contribution in [0.15, 0.2) is 30.3 Å². The van der Waals surface area contributed by atoms with E-state index in [-0.39, 0.29) is 5.92 Å². The zero-order chi connectivity index (χ0) is 15.8. The summed E-state index contributed by atoms with van der Waals surface area (Å²) in [7, 11) is 1.27. The fourth-order valence-electron chi connectivity index (χ4n) is 2.01. The van der Waals surface area contributed by atoms with Gasteiger partial charge in [0.25, 0.3) is 0 Å². The molecule has 0 bridgehead atoms. The minimum absolute atomic E-state index is 0.191. The average Bonchev–Trinajstić information content (AvgIpc) is 2.46. The van der Waals surface area contributed by atoms with E-state index in [4.69, 9.17) is 4.74 Å². The first-order valence-corrected chi connectivity index (χ1v) is 7.04. The lowest BCUT2D eigenvalue weighted by Gasteiger charge is -2.19. The molecule has 1 rings (SSSR count). The van der Waals surface area contributed by atoms with Crippen molar-refractivity contribution < 1.29 is 19.4 Å². The molecule has 1 aromatic carbocycles. The van der Waals surface area contributed by atoms with Crippen LogP contribution < -0.4 is 5.32 Å². The molecule has 2 atom stereocenters. The quantitative estimate of drug-likeness (QED) is 0.743. The van der Waals surface area contributed by atoms with E-state index in [0.717, 1.165) is 5.56 Å². The summed E-state index contributed by atoms with van der Waals surface area (Å²) in [5, 5.41) is 12.4. The van der Waals surface area contributed by atoms with Gasteiger partial charge in [-0.05, 0) is 17.9 Å². The molecule has 0 aliphatic rings. The number of aliphatic hydroxyl groups is 1. The highest BCUT2D eigenvalue weighted by atomic mass is 16.5. The van der Waals surface area contributed by atoms with Gasteiger partial charge in [-0.2, -0.15) is 0 Å². The molecule has 1 aromatic rings. The number of aliphatic hydroxyl groups excluding tert-OH is 1. The number of amides is 1. The van der Waals surface area contributed by atoms with E-state index in [1.165, 1.54) is 7.11 Å². The second-order valence-corrected chi connectivity index (χ2v) is 5.42. The van der Waals surface area contributed by atoms with Crippen molar-refractivity contribution in [3.63, 3.8) is 0 Å². The van der Waals surface area contributed by atoms with E-state index in [1.54, 1.807) is 0 Å². The number of carbonyl (C=O) groups is 2. The first-order valence-electron chi connectivity index (χ1n) is 7.04. The lowest BCUT2D eigenvalue weighted by atomic mass is 10.0. The van der Waals surface area contributed by atoms with Crippen molar-refractivity contribution in [2.75, 3.05) is 7.11 Å². The van der Waals surface area contributed by atoms with Gasteiger partial charge in [0.1, 0.15) is 12.1 Å². The number of nitrogens with one attached hydrogen (secondary N) is 1. The Morgan fingerprint density at radius 1 is 1.24 bits per heavy atom. The Kier molecular flexibility index (Phi) is 6.88. The number of esters is 1. The molecule has 0 spiro atoms. The van der Waals surface area contributed by atoms with Crippen LogP contribution in [0.4, 0.5) is 0 Å². The molecule has 0 unspecified atom stereocenters. The predicted molar refractivity (Wildman–Crippen MR) is 79.6 cm³/mol. The van der Waals surface area contributed by atoms with E-state index >= 15 is 0 Å². The van der Waals surface area contributed by atoms with Gasteiger partial charge < -0.3 is 15.2 Å². The normalized spacial score (nSPS) is 13.6. The second-order valence-electron chi connectivity index (χ2n) is 5.42. The van der Waals surface area contributed by atoms with Gasteiger partial charge in [-0.3, -0.25) is 4.79 Å². The Morgan fingerprint density at radius 2 is 1.86 bits per heavy atom. The third-order valence-corrected chi connectivity index (χ3v) is 3.08.